The Morgan fingerprint density at radius 1 is 1.33 bits per heavy atom. The van der Waals surface area contributed by atoms with Crippen LogP contribution in [0.3, 0.4) is 0 Å². The zero-order valence-corrected chi connectivity index (χ0v) is 12.7. The van der Waals surface area contributed by atoms with Gasteiger partial charge in [0.05, 0.1) is 6.54 Å². The number of nitrogens with zero attached hydrogens (tertiary/aromatic N) is 1. The molecule has 0 spiro atoms. The maximum Gasteiger partial charge on any atom is 0.118 e. The second-order valence-electron chi connectivity index (χ2n) is 6.31. The van der Waals surface area contributed by atoms with E-state index >= 15 is 0 Å². The molecule has 0 aliphatic rings. The molecule has 1 aromatic heterocycles. The summed E-state index contributed by atoms with van der Waals surface area (Å²) >= 11 is 0. The SMILES string of the molecule is CCC(N)C(N(C)Cc1ccc(C)o1)C(C)(C)C. The summed E-state index contributed by atoms with van der Waals surface area (Å²) in [5.41, 5.74) is 6.45. The normalized spacial score (nSPS) is 16.0. The standard InChI is InChI=1S/C15H28N2O/c1-7-13(16)14(15(3,4)5)17(6)10-12-9-8-11(2)18-12/h8-9,13-14H,7,10,16H2,1-6H3. The van der Waals surface area contributed by atoms with Crippen molar-refractivity contribution in [2.24, 2.45) is 11.1 Å². The van der Waals surface area contributed by atoms with Crippen molar-refractivity contribution in [3.63, 3.8) is 0 Å². The zero-order chi connectivity index (χ0) is 13.9. The van der Waals surface area contributed by atoms with Crippen LogP contribution in [0.15, 0.2) is 16.5 Å². The smallest absolute Gasteiger partial charge is 0.118 e. The molecule has 0 aliphatic heterocycles. The van der Waals surface area contributed by atoms with Gasteiger partial charge in [-0.05, 0) is 37.9 Å². The van der Waals surface area contributed by atoms with Gasteiger partial charge in [0.1, 0.15) is 11.5 Å². The van der Waals surface area contributed by atoms with E-state index in [1.807, 2.05) is 19.1 Å². The van der Waals surface area contributed by atoms with Gasteiger partial charge in [-0.3, -0.25) is 4.90 Å². The number of hydrogen-bond acceptors (Lipinski definition) is 3. The fourth-order valence-electron chi connectivity index (χ4n) is 2.77. The fourth-order valence-corrected chi connectivity index (χ4v) is 2.77. The number of aryl methyl sites for hydroxylation is 1. The van der Waals surface area contributed by atoms with Crippen molar-refractivity contribution in [1.82, 2.24) is 4.90 Å². The Kier molecular flexibility index (Phi) is 5.00. The molecule has 0 saturated carbocycles. The second-order valence-corrected chi connectivity index (χ2v) is 6.31. The van der Waals surface area contributed by atoms with Crippen LogP contribution in [0.25, 0.3) is 0 Å². The van der Waals surface area contributed by atoms with E-state index in [0.717, 1.165) is 24.5 Å². The van der Waals surface area contributed by atoms with E-state index in [0.29, 0.717) is 6.04 Å². The van der Waals surface area contributed by atoms with Gasteiger partial charge in [0.15, 0.2) is 0 Å². The molecule has 0 saturated heterocycles. The molecule has 2 atom stereocenters. The topological polar surface area (TPSA) is 42.4 Å². The third kappa shape index (κ3) is 3.85. The third-order valence-electron chi connectivity index (χ3n) is 3.44. The van der Waals surface area contributed by atoms with Crippen molar-refractivity contribution in [3.05, 3.63) is 23.7 Å². The van der Waals surface area contributed by atoms with Crippen LogP contribution < -0.4 is 5.73 Å². The average Bonchev–Trinajstić information content (AvgIpc) is 2.61. The summed E-state index contributed by atoms with van der Waals surface area (Å²) in [5.74, 6) is 1.97. The molecule has 104 valence electrons. The quantitative estimate of drug-likeness (QED) is 0.875. The van der Waals surface area contributed by atoms with Crippen molar-refractivity contribution in [3.8, 4) is 0 Å². The lowest BCUT2D eigenvalue weighted by atomic mass is 9.80. The Bertz CT molecular complexity index is 365. The molecule has 1 aromatic rings. The zero-order valence-electron chi connectivity index (χ0n) is 12.7. The van der Waals surface area contributed by atoms with Gasteiger partial charge in [0, 0.05) is 12.1 Å². The number of nitrogens with two attached hydrogens (primary N) is 1. The fraction of sp³-hybridized carbons (Fsp3) is 0.733. The molecule has 1 rings (SSSR count). The minimum absolute atomic E-state index is 0.159. The molecule has 1 heterocycles. The Morgan fingerprint density at radius 3 is 2.33 bits per heavy atom. The number of likely N-dealkylation sites (N-methyl/N-ethyl adjacent to an activating group) is 1. The molecule has 0 bridgehead atoms. The highest BCUT2D eigenvalue weighted by atomic mass is 16.3. The molecule has 2 N–H and O–H groups in total. The van der Waals surface area contributed by atoms with E-state index in [9.17, 15) is 0 Å². The average molecular weight is 252 g/mol. The van der Waals surface area contributed by atoms with Crippen molar-refractivity contribution >= 4 is 0 Å². The van der Waals surface area contributed by atoms with E-state index in [1.54, 1.807) is 0 Å². The van der Waals surface area contributed by atoms with Crippen LogP contribution in [-0.2, 0) is 6.54 Å². The number of furan rings is 1. The Balaban J connectivity index is 2.79. The van der Waals surface area contributed by atoms with Crippen molar-refractivity contribution < 1.29 is 4.42 Å². The molecular weight excluding hydrogens is 224 g/mol. The number of rotatable bonds is 5. The molecule has 0 fully saturated rings. The van der Waals surface area contributed by atoms with Gasteiger partial charge in [-0.2, -0.15) is 0 Å². The summed E-state index contributed by atoms with van der Waals surface area (Å²) in [7, 11) is 2.13. The van der Waals surface area contributed by atoms with Crippen LogP contribution in [0, 0.1) is 12.3 Å². The predicted octanol–water partition coefficient (Wildman–Crippen LogP) is 3.17. The van der Waals surface area contributed by atoms with Gasteiger partial charge in [-0.15, -0.1) is 0 Å². The largest absolute Gasteiger partial charge is 0.465 e. The maximum atomic E-state index is 6.29. The Morgan fingerprint density at radius 2 is 1.94 bits per heavy atom. The van der Waals surface area contributed by atoms with E-state index in [2.05, 4.69) is 39.6 Å². The lowest BCUT2D eigenvalue weighted by molar-refractivity contribution is 0.0878. The predicted molar refractivity (Wildman–Crippen MR) is 76.4 cm³/mol. The molecule has 0 aliphatic carbocycles. The highest BCUT2D eigenvalue weighted by Gasteiger charge is 2.32. The van der Waals surface area contributed by atoms with Crippen LogP contribution in [-0.4, -0.2) is 24.0 Å². The first-order chi connectivity index (χ1) is 8.25. The van der Waals surface area contributed by atoms with E-state index in [1.165, 1.54) is 0 Å². The lowest BCUT2D eigenvalue weighted by Gasteiger charge is -2.41. The monoisotopic (exact) mass is 252 g/mol. The first kappa shape index (κ1) is 15.3. The minimum Gasteiger partial charge on any atom is -0.465 e. The van der Waals surface area contributed by atoms with Crippen LogP contribution >= 0.6 is 0 Å². The van der Waals surface area contributed by atoms with Crippen LogP contribution in [0.2, 0.25) is 0 Å². The van der Waals surface area contributed by atoms with Crippen LogP contribution in [0.1, 0.15) is 45.6 Å². The van der Waals surface area contributed by atoms with Gasteiger partial charge < -0.3 is 10.2 Å². The van der Waals surface area contributed by atoms with Gasteiger partial charge in [-0.1, -0.05) is 27.7 Å². The van der Waals surface area contributed by atoms with Gasteiger partial charge >= 0.3 is 0 Å². The Labute approximate surface area is 111 Å². The summed E-state index contributed by atoms with van der Waals surface area (Å²) in [6, 6.07) is 4.58. The molecule has 2 unspecified atom stereocenters. The van der Waals surface area contributed by atoms with Gasteiger partial charge in [0.2, 0.25) is 0 Å². The Hall–Kier alpha value is -0.800. The van der Waals surface area contributed by atoms with Gasteiger partial charge in [-0.25, -0.2) is 0 Å². The van der Waals surface area contributed by atoms with Crippen molar-refractivity contribution in [2.75, 3.05) is 7.05 Å². The summed E-state index contributed by atoms with van der Waals surface area (Å²) in [5, 5.41) is 0. The van der Waals surface area contributed by atoms with E-state index < -0.39 is 0 Å². The van der Waals surface area contributed by atoms with Crippen molar-refractivity contribution in [2.45, 2.75) is 59.7 Å². The maximum absolute atomic E-state index is 6.29. The molecule has 18 heavy (non-hydrogen) atoms. The molecule has 3 nitrogen and oxygen atoms in total. The van der Waals surface area contributed by atoms with Gasteiger partial charge in [0.25, 0.3) is 0 Å². The summed E-state index contributed by atoms with van der Waals surface area (Å²) in [6.45, 7) is 11.7. The summed E-state index contributed by atoms with van der Waals surface area (Å²) in [6.07, 6.45) is 0.990. The highest BCUT2D eigenvalue weighted by Crippen LogP contribution is 2.28. The first-order valence-electron chi connectivity index (χ1n) is 6.76. The third-order valence-corrected chi connectivity index (χ3v) is 3.44. The first-order valence-corrected chi connectivity index (χ1v) is 6.76. The van der Waals surface area contributed by atoms with Crippen LogP contribution in [0.4, 0.5) is 0 Å². The number of hydrogen-bond donors (Lipinski definition) is 1. The van der Waals surface area contributed by atoms with Crippen molar-refractivity contribution in [1.29, 1.82) is 0 Å². The van der Waals surface area contributed by atoms with E-state index in [4.69, 9.17) is 10.2 Å². The summed E-state index contributed by atoms with van der Waals surface area (Å²) < 4.78 is 5.65. The van der Waals surface area contributed by atoms with E-state index in [-0.39, 0.29) is 11.5 Å². The molecule has 0 radical (unpaired) electrons. The molecule has 0 amide bonds. The molecule has 0 aromatic carbocycles. The lowest BCUT2D eigenvalue weighted by Crippen LogP contribution is -2.52. The summed E-state index contributed by atoms with van der Waals surface area (Å²) in [4.78, 5) is 2.31. The van der Waals surface area contributed by atoms with Crippen LogP contribution in [0.5, 0.6) is 0 Å². The molecular formula is C15H28N2O. The minimum atomic E-state index is 0.159. The highest BCUT2D eigenvalue weighted by molar-refractivity contribution is 5.06. The molecule has 3 heteroatoms. The second kappa shape index (κ2) is 5.89.